The predicted molar refractivity (Wildman–Crippen MR) is 142 cm³/mol. The maximum absolute atomic E-state index is 11.5. The molecule has 3 nitrogen and oxygen atoms in total. The second-order valence-corrected chi connectivity index (χ2v) is 8.71. The number of carbonyl (C=O) groups excluding carboxylic acids is 1. The minimum atomic E-state index is -0.306. The number of benzene rings is 1. The molecule has 1 aromatic carbocycles. The Hall–Kier alpha value is -2.55. The van der Waals surface area contributed by atoms with Gasteiger partial charge in [0.1, 0.15) is 5.75 Å². The van der Waals surface area contributed by atoms with Gasteiger partial charge in [0.15, 0.2) is 0 Å². The molecule has 0 aliphatic heterocycles. The Morgan fingerprint density at radius 2 is 1.61 bits per heavy atom. The molecule has 0 radical (unpaired) electrons. The van der Waals surface area contributed by atoms with E-state index < -0.39 is 0 Å². The van der Waals surface area contributed by atoms with E-state index in [4.69, 9.17) is 9.47 Å². The lowest BCUT2D eigenvalue weighted by molar-refractivity contribution is -0.137. The van der Waals surface area contributed by atoms with E-state index in [9.17, 15) is 4.79 Å². The maximum Gasteiger partial charge on any atom is 0.330 e. The summed E-state index contributed by atoms with van der Waals surface area (Å²) in [7, 11) is 0. The number of rotatable bonds is 15. The molecule has 0 amide bonds. The van der Waals surface area contributed by atoms with Gasteiger partial charge in [-0.25, -0.2) is 4.79 Å². The van der Waals surface area contributed by atoms with E-state index in [1.165, 1.54) is 55.7 Å². The van der Waals surface area contributed by atoms with Gasteiger partial charge in [-0.2, -0.15) is 0 Å². The van der Waals surface area contributed by atoms with Crippen molar-refractivity contribution in [2.75, 3.05) is 13.2 Å². The van der Waals surface area contributed by atoms with E-state index in [0.29, 0.717) is 6.61 Å². The summed E-state index contributed by atoms with van der Waals surface area (Å²) in [6.45, 7) is 13.4. The van der Waals surface area contributed by atoms with Crippen LogP contribution in [0.2, 0.25) is 0 Å². The number of hydrogen-bond acceptors (Lipinski definition) is 3. The van der Waals surface area contributed by atoms with Crippen molar-refractivity contribution in [3.63, 3.8) is 0 Å². The van der Waals surface area contributed by atoms with Crippen molar-refractivity contribution >= 4 is 12.0 Å². The summed E-state index contributed by atoms with van der Waals surface area (Å²) in [5, 5.41) is 0. The lowest BCUT2D eigenvalue weighted by atomic mass is 10.0. The predicted octanol–water partition coefficient (Wildman–Crippen LogP) is 8.46. The number of ether oxygens (including phenoxy) is 2. The van der Waals surface area contributed by atoms with Crippen LogP contribution in [0.3, 0.4) is 0 Å². The molecule has 0 heterocycles. The van der Waals surface area contributed by atoms with Crippen molar-refractivity contribution in [3.8, 4) is 5.75 Å². The number of hydrogen-bond donors (Lipinski definition) is 0. The van der Waals surface area contributed by atoms with Gasteiger partial charge >= 0.3 is 5.97 Å². The molecule has 3 heteroatoms. The molecule has 1 aromatic rings. The smallest absolute Gasteiger partial charge is 0.330 e. The first-order valence-corrected chi connectivity index (χ1v) is 12.5. The molecular formula is C30H44O3. The standard InChI is InChI=1S/C30H44O3/c1-7-9-10-11-12-13-14-20-33-30-27(6)21-26(5)22-28(30)19-18-24(3)16-15-17-25(4)23-29(31)32-8-2/h15-19,21-23H,7-14,20H2,1-6H3. The van der Waals surface area contributed by atoms with Crippen molar-refractivity contribution < 1.29 is 14.3 Å². The minimum Gasteiger partial charge on any atom is -0.493 e. The summed E-state index contributed by atoms with van der Waals surface area (Å²) in [5.41, 5.74) is 5.50. The number of aryl methyl sites for hydroxylation is 2. The Bertz CT molecular complexity index is 840. The fourth-order valence-electron chi connectivity index (χ4n) is 3.59. The van der Waals surface area contributed by atoms with Gasteiger partial charge in [0.25, 0.3) is 0 Å². The van der Waals surface area contributed by atoms with Crippen molar-refractivity contribution in [2.45, 2.75) is 86.5 Å². The first kappa shape index (κ1) is 28.5. The highest BCUT2D eigenvalue weighted by Gasteiger charge is 2.06. The van der Waals surface area contributed by atoms with E-state index in [2.05, 4.69) is 52.0 Å². The van der Waals surface area contributed by atoms with E-state index in [0.717, 1.165) is 35.5 Å². The molecular weight excluding hydrogens is 408 g/mol. The van der Waals surface area contributed by atoms with Crippen LogP contribution in [0.1, 0.15) is 89.3 Å². The second-order valence-electron chi connectivity index (χ2n) is 8.71. The normalized spacial score (nSPS) is 12.7. The Morgan fingerprint density at radius 3 is 2.30 bits per heavy atom. The van der Waals surface area contributed by atoms with E-state index in [-0.39, 0.29) is 5.97 Å². The van der Waals surface area contributed by atoms with Gasteiger partial charge in [-0.3, -0.25) is 0 Å². The van der Waals surface area contributed by atoms with E-state index >= 15 is 0 Å². The van der Waals surface area contributed by atoms with Crippen LogP contribution in [-0.2, 0) is 9.53 Å². The van der Waals surface area contributed by atoms with Crippen LogP contribution in [0.25, 0.3) is 6.08 Å². The Morgan fingerprint density at radius 1 is 0.909 bits per heavy atom. The van der Waals surface area contributed by atoms with Crippen LogP contribution in [0.4, 0.5) is 0 Å². The fraction of sp³-hybridized carbons (Fsp3) is 0.500. The summed E-state index contributed by atoms with van der Waals surface area (Å²) in [5.74, 6) is 0.679. The Labute approximate surface area is 202 Å². The molecule has 0 bridgehead atoms. The summed E-state index contributed by atoms with van der Waals surface area (Å²) < 4.78 is 11.1. The first-order valence-electron chi connectivity index (χ1n) is 12.5. The average molecular weight is 453 g/mol. The number of unbranched alkanes of at least 4 members (excludes halogenated alkanes) is 6. The van der Waals surface area contributed by atoms with Gasteiger partial charge in [0, 0.05) is 11.6 Å². The van der Waals surface area contributed by atoms with Crippen LogP contribution in [0.15, 0.2) is 53.7 Å². The van der Waals surface area contributed by atoms with Crippen LogP contribution in [0, 0.1) is 13.8 Å². The quantitative estimate of drug-likeness (QED) is 0.116. The van der Waals surface area contributed by atoms with Crippen molar-refractivity contribution in [3.05, 3.63) is 70.3 Å². The van der Waals surface area contributed by atoms with Crippen molar-refractivity contribution in [2.24, 2.45) is 0 Å². The third kappa shape index (κ3) is 12.9. The molecule has 0 spiro atoms. The van der Waals surface area contributed by atoms with Crippen LogP contribution in [-0.4, -0.2) is 19.2 Å². The van der Waals surface area contributed by atoms with E-state index in [1.807, 2.05) is 25.2 Å². The summed E-state index contributed by atoms with van der Waals surface area (Å²) in [6.07, 6.45) is 20.6. The Kier molecular flexibility index (Phi) is 14.7. The summed E-state index contributed by atoms with van der Waals surface area (Å²) >= 11 is 0. The lowest BCUT2D eigenvalue weighted by Gasteiger charge is -2.13. The molecule has 33 heavy (non-hydrogen) atoms. The highest BCUT2D eigenvalue weighted by molar-refractivity contribution is 5.83. The van der Waals surface area contributed by atoms with Gasteiger partial charge in [-0.05, 0) is 58.2 Å². The highest BCUT2D eigenvalue weighted by Crippen LogP contribution is 2.27. The van der Waals surface area contributed by atoms with Gasteiger partial charge in [0.05, 0.1) is 13.2 Å². The fourth-order valence-corrected chi connectivity index (χ4v) is 3.59. The van der Waals surface area contributed by atoms with Crippen LogP contribution >= 0.6 is 0 Å². The molecule has 0 fully saturated rings. The van der Waals surface area contributed by atoms with Gasteiger partial charge < -0.3 is 9.47 Å². The highest BCUT2D eigenvalue weighted by atomic mass is 16.5. The molecule has 0 aliphatic carbocycles. The molecule has 0 atom stereocenters. The zero-order chi connectivity index (χ0) is 24.5. The molecule has 0 unspecified atom stereocenters. The van der Waals surface area contributed by atoms with Crippen LogP contribution in [0.5, 0.6) is 5.75 Å². The molecule has 0 saturated carbocycles. The van der Waals surface area contributed by atoms with Gasteiger partial charge in [-0.15, -0.1) is 0 Å². The monoisotopic (exact) mass is 452 g/mol. The van der Waals surface area contributed by atoms with Gasteiger partial charge in [-0.1, -0.05) is 93.0 Å². The zero-order valence-corrected chi connectivity index (χ0v) is 21.7. The van der Waals surface area contributed by atoms with Crippen molar-refractivity contribution in [1.82, 2.24) is 0 Å². The summed E-state index contributed by atoms with van der Waals surface area (Å²) in [6, 6.07) is 4.36. The third-order valence-electron chi connectivity index (χ3n) is 5.32. The average Bonchev–Trinajstić information content (AvgIpc) is 2.75. The maximum atomic E-state index is 11.5. The lowest BCUT2D eigenvalue weighted by Crippen LogP contribution is -2.01. The largest absolute Gasteiger partial charge is 0.493 e. The molecule has 0 N–H and O–H groups in total. The minimum absolute atomic E-state index is 0.306. The van der Waals surface area contributed by atoms with E-state index in [1.54, 1.807) is 6.92 Å². The van der Waals surface area contributed by atoms with Crippen LogP contribution < -0.4 is 4.74 Å². The number of carbonyl (C=O) groups is 1. The first-order chi connectivity index (χ1) is 15.9. The SMILES string of the molecule is CCCCCCCCCOc1c(C)cc(C)cc1C=CC(C)=CC=CC(C)=CC(=O)OCC. The van der Waals surface area contributed by atoms with Crippen molar-refractivity contribution in [1.29, 1.82) is 0 Å². The molecule has 1 rings (SSSR count). The summed E-state index contributed by atoms with van der Waals surface area (Å²) in [4.78, 5) is 11.5. The zero-order valence-electron chi connectivity index (χ0n) is 21.7. The molecule has 0 saturated heterocycles. The molecule has 0 aliphatic rings. The number of allylic oxidation sites excluding steroid dienone is 6. The second kappa shape index (κ2) is 17.0. The number of esters is 1. The van der Waals surface area contributed by atoms with Gasteiger partial charge in [0.2, 0.25) is 0 Å². The molecule has 0 aromatic heterocycles. The third-order valence-corrected chi connectivity index (χ3v) is 5.32. The molecule has 182 valence electrons. The Balaban J connectivity index is 2.71. The topological polar surface area (TPSA) is 35.5 Å².